The number of nitrogens with zero attached hydrogens (tertiary/aromatic N) is 3. The second-order valence-corrected chi connectivity index (χ2v) is 8.72. The van der Waals surface area contributed by atoms with Crippen LogP contribution < -0.4 is 0 Å². The van der Waals surface area contributed by atoms with Crippen molar-refractivity contribution >= 4 is 57.4 Å². The highest BCUT2D eigenvalue weighted by Gasteiger charge is 2.34. The Hall–Kier alpha value is -2.55. The Bertz CT molecular complexity index is 1190. The zero-order valence-electron chi connectivity index (χ0n) is 14.9. The third-order valence-corrected chi connectivity index (χ3v) is 6.51. The Kier molecular flexibility index (Phi) is 4.91. The fourth-order valence-corrected chi connectivity index (χ4v) is 4.83. The molecule has 29 heavy (non-hydrogen) atoms. The molecule has 146 valence electrons. The number of hydrogen-bond acceptors (Lipinski definition) is 7. The summed E-state index contributed by atoms with van der Waals surface area (Å²) in [4.78, 5) is 18.5. The van der Waals surface area contributed by atoms with Crippen LogP contribution >= 0.6 is 34.7 Å². The average Bonchev–Trinajstić information content (AvgIpc) is 3.51. The molecule has 0 saturated carbocycles. The van der Waals surface area contributed by atoms with Gasteiger partial charge in [0.25, 0.3) is 11.1 Å². The second-order valence-electron chi connectivity index (χ2n) is 6.38. The lowest BCUT2D eigenvalue weighted by Gasteiger charge is -2.20. The number of hydrazone groups is 1. The molecule has 5 rings (SSSR count). The Morgan fingerprint density at radius 2 is 2.24 bits per heavy atom. The molecule has 1 unspecified atom stereocenters. The summed E-state index contributed by atoms with van der Waals surface area (Å²) >= 11 is 8.85. The summed E-state index contributed by atoms with van der Waals surface area (Å²) in [7, 11) is 0. The molecule has 9 heteroatoms. The van der Waals surface area contributed by atoms with Crippen LogP contribution in [0.5, 0.6) is 0 Å². The minimum atomic E-state index is -0.134. The van der Waals surface area contributed by atoms with Crippen LogP contribution in [-0.4, -0.2) is 27.4 Å². The van der Waals surface area contributed by atoms with Crippen LogP contribution in [0.25, 0.3) is 11.1 Å². The number of amides is 1. The van der Waals surface area contributed by atoms with E-state index in [0.717, 1.165) is 10.6 Å². The summed E-state index contributed by atoms with van der Waals surface area (Å²) in [5, 5.41) is 9.14. The molecule has 0 spiro atoms. The van der Waals surface area contributed by atoms with Gasteiger partial charge in [0.15, 0.2) is 5.58 Å². The minimum Gasteiger partial charge on any atom is -0.463 e. The van der Waals surface area contributed by atoms with Gasteiger partial charge in [0.2, 0.25) is 0 Å². The van der Waals surface area contributed by atoms with E-state index in [4.69, 9.17) is 20.4 Å². The number of furan rings is 1. The maximum Gasteiger partial charge on any atom is 0.257 e. The van der Waals surface area contributed by atoms with E-state index < -0.39 is 0 Å². The summed E-state index contributed by atoms with van der Waals surface area (Å²) in [5.41, 5.74) is 2.08. The number of benzene rings is 1. The Balaban J connectivity index is 1.35. The molecule has 0 radical (unpaired) electrons. The highest BCUT2D eigenvalue weighted by Crippen LogP contribution is 2.36. The van der Waals surface area contributed by atoms with E-state index in [2.05, 4.69) is 10.1 Å². The van der Waals surface area contributed by atoms with Crippen LogP contribution in [0.4, 0.5) is 0 Å². The number of hydrogen-bond donors (Lipinski definition) is 0. The maximum atomic E-state index is 13.0. The molecule has 4 aromatic rings. The van der Waals surface area contributed by atoms with Crippen LogP contribution in [0.15, 0.2) is 73.3 Å². The smallest absolute Gasteiger partial charge is 0.257 e. The quantitative estimate of drug-likeness (QED) is 0.375. The zero-order valence-corrected chi connectivity index (χ0v) is 17.3. The predicted molar refractivity (Wildman–Crippen MR) is 114 cm³/mol. The molecule has 1 aliphatic rings. The van der Waals surface area contributed by atoms with Gasteiger partial charge in [-0.15, -0.1) is 11.3 Å². The highest BCUT2D eigenvalue weighted by atomic mass is 35.5. The number of fused-ring (bicyclic) bond motifs is 1. The van der Waals surface area contributed by atoms with Gasteiger partial charge in [0.1, 0.15) is 17.0 Å². The van der Waals surface area contributed by atoms with Gasteiger partial charge in [0.05, 0.1) is 18.1 Å². The zero-order chi connectivity index (χ0) is 19.8. The first-order valence-corrected chi connectivity index (χ1v) is 11.1. The SMILES string of the molecule is O=C(CSc1nc2cc(Cl)ccc2o1)N1N=C(c2ccco2)CC1c1cccs1. The number of thioether (sulfide) groups is 1. The van der Waals surface area contributed by atoms with Crippen molar-refractivity contribution in [1.29, 1.82) is 0 Å². The van der Waals surface area contributed by atoms with E-state index in [0.29, 0.717) is 33.5 Å². The first-order valence-electron chi connectivity index (χ1n) is 8.83. The molecular weight excluding hydrogens is 430 g/mol. The molecule has 1 aliphatic heterocycles. The van der Waals surface area contributed by atoms with Crippen molar-refractivity contribution in [1.82, 2.24) is 9.99 Å². The van der Waals surface area contributed by atoms with Gasteiger partial charge in [-0.05, 0) is 41.8 Å². The largest absolute Gasteiger partial charge is 0.463 e. The van der Waals surface area contributed by atoms with E-state index in [-0.39, 0.29) is 17.7 Å². The van der Waals surface area contributed by atoms with Gasteiger partial charge < -0.3 is 8.83 Å². The molecule has 0 fully saturated rings. The normalized spacial score (nSPS) is 16.5. The third kappa shape index (κ3) is 3.71. The molecule has 0 saturated heterocycles. The van der Waals surface area contributed by atoms with Crippen molar-refractivity contribution in [2.45, 2.75) is 17.7 Å². The van der Waals surface area contributed by atoms with Gasteiger partial charge in [0, 0.05) is 16.3 Å². The molecule has 0 bridgehead atoms. The van der Waals surface area contributed by atoms with Gasteiger partial charge in [-0.3, -0.25) is 4.79 Å². The number of carbonyl (C=O) groups is 1. The van der Waals surface area contributed by atoms with Gasteiger partial charge in [-0.2, -0.15) is 5.10 Å². The van der Waals surface area contributed by atoms with Crippen molar-refractivity contribution in [2.75, 3.05) is 5.75 Å². The summed E-state index contributed by atoms with van der Waals surface area (Å²) in [6.07, 6.45) is 2.23. The molecule has 4 heterocycles. The van der Waals surface area contributed by atoms with E-state index in [1.165, 1.54) is 11.8 Å². The fraction of sp³-hybridized carbons (Fsp3) is 0.150. The lowest BCUT2D eigenvalue weighted by atomic mass is 10.1. The first-order chi connectivity index (χ1) is 14.2. The number of rotatable bonds is 5. The van der Waals surface area contributed by atoms with Crippen LogP contribution in [0.3, 0.4) is 0 Å². The fourth-order valence-electron chi connectivity index (χ4n) is 3.17. The maximum absolute atomic E-state index is 13.0. The standard InChI is InChI=1S/C20H14ClN3O3S2/c21-12-5-6-17-13(9-12)22-20(27-17)29-11-19(25)24-15(18-4-2-8-28-18)10-14(23-24)16-3-1-7-26-16/h1-9,15H,10-11H2. The minimum absolute atomic E-state index is 0.116. The number of thiophene rings is 1. The third-order valence-electron chi connectivity index (χ3n) is 4.49. The Labute approximate surface area is 179 Å². The van der Waals surface area contributed by atoms with Gasteiger partial charge in [-0.1, -0.05) is 29.4 Å². The molecule has 1 atom stereocenters. The Morgan fingerprint density at radius 1 is 1.31 bits per heavy atom. The molecule has 1 aromatic carbocycles. The molecular formula is C20H14ClN3O3S2. The van der Waals surface area contributed by atoms with Gasteiger partial charge in [-0.25, -0.2) is 9.99 Å². The summed E-state index contributed by atoms with van der Waals surface area (Å²) < 4.78 is 11.2. The number of oxazole rings is 1. The molecule has 0 aliphatic carbocycles. The monoisotopic (exact) mass is 443 g/mol. The lowest BCUT2D eigenvalue weighted by molar-refractivity contribution is -0.130. The second kappa shape index (κ2) is 7.70. The molecule has 3 aromatic heterocycles. The topological polar surface area (TPSA) is 71.8 Å². The van der Waals surface area contributed by atoms with Crippen LogP contribution in [-0.2, 0) is 4.79 Å². The van der Waals surface area contributed by atoms with Crippen LogP contribution in [0.1, 0.15) is 23.1 Å². The van der Waals surface area contributed by atoms with E-state index in [1.54, 1.807) is 40.8 Å². The van der Waals surface area contributed by atoms with Crippen LogP contribution in [0.2, 0.25) is 5.02 Å². The number of halogens is 1. The summed E-state index contributed by atoms with van der Waals surface area (Å²) in [6, 6.07) is 12.8. The Morgan fingerprint density at radius 3 is 3.03 bits per heavy atom. The van der Waals surface area contributed by atoms with Crippen LogP contribution in [0, 0.1) is 0 Å². The average molecular weight is 444 g/mol. The van der Waals surface area contributed by atoms with E-state index in [9.17, 15) is 4.79 Å². The van der Waals surface area contributed by atoms with Crippen molar-refractivity contribution in [3.8, 4) is 0 Å². The summed E-state index contributed by atoms with van der Waals surface area (Å²) in [6.45, 7) is 0. The molecule has 6 nitrogen and oxygen atoms in total. The van der Waals surface area contributed by atoms with E-state index >= 15 is 0 Å². The van der Waals surface area contributed by atoms with E-state index in [1.807, 2.05) is 29.6 Å². The number of carbonyl (C=O) groups excluding carboxylic acids is 1. The number of aromatic nitrogens is 1. The van der Waals surface area contributed by atoms with Crippen molar-refractivity contribution in [2.24, 2.45) is 5.10 Å². The van der Waals surface area contributed by atoms with Crippen molar-refractivity contribution < 1.29 is 13.6 Å². The van der Waals surface area contributed by atoms with Crippen molar-refractivity contribution in [3.05, 3.63) is 69.8 Å². The molecule has 0 N–H and O–H groups in total. The molecule has 1 amide bonds. The lowest BCUT2D eigenvalue weighted by Crippen LogP contribution is -2.28. The summed E-state index contributed by atoms with van der Waals surface area (Å²) in [5.74, 6) is 0.734. The first kappa shape index (κ1) is 18.5. The highest BCUT2D eigenvalue weighted by molar-refractivity contribution is 7.99. The van der Waals surface area contributed by atoms with Gasteiger partial charge >= 0.3 is 0 Å². The predicted octanol–water partition coefficient (Wildman–Crippen LogP) is 5.61. The van der Waals surface area contributed by atoms with Crippen molar-refractivity contribution in [3.63, 3.8) is 0 Å².